The summed E-state index contributed by atoms with van der Waals surface area (Å²) < 4.78 is 22.7. The first-order valence-corrected chi connectivity index (χ1v) is 20.1. The Kier molecular flexibility index (Phi) is 16.3. The van der Waals surface area contributed by atoms with Gasteiger partial charge in [0.2, 0.25) is 0 Å². The topological polar surface area (TPSA) is 36.9 Å². The first-order chi connectivity index (χ1) is 24.2. The summed E-state index contributed by atoms with van der Waals surface area (Å²) in [6.07, 6.45) is 10.8. The minimum Gasteiger partial charge on any atom is -0.379 e. The van der Waals surface area contributed by atoms with Crippen molar-refractivity contribution >= 4 is 46.2 Å². The van der Waals surface area contributed by atoms with Crippen molar-refractivity contribution in [2.24, 2.45) is 0 Å². The molecule has 0 fully saturated rings. The zero-order chi connectivity index (χ0) is 33.9. The molecule has 260 valence electrons. The molecular weight excluding hydrogens is 665 g/mol. The van der Waals surface area contributed by atoms with E-state index in [1.165, 1.54) is 64.4 Å². The smallest absolute Gasteiger partial charge is 0.0700 e. The highest BCUT2D eigenvalue weighted by molar-refractivity contribution is 7.23. The van der Waals surface area contributed by atoms with Crippen LogP contribution >= 0.6 is 34.0 Å². The van der Waals surface area contributed by atoms with Crippen molar-refractivity contribution in [1.82, 2.24) is 0 Å². The van der Waals surface area contributed by atoms with Gasteiger partial charge in [0, 0.05) is 55.3 Å². The van der Waals surface area contributed by atoms with E-state index in [2.05, 4.69) is 111 Å². The molecule has 0 N–H and O–H groups in total. The fourth-order valence-corrected chi connectivity index (χ4v) is 8.21. The third kappa shape index (κ3) is 12.7. The highest BCUT2D eigenvalue weighted by atomic mass is 32.1. The maximum atomic E-state index is 5.77. The molecule has 0 spiro atoms. The van der Waals surface area contributed by atoms with Crippen LogP contribution in [0, 0.1) is 0 Å². The molecule has 0 aliphatic carbocycles. The molecule has 7 heteroatoms. The lowest BCUT2D eigenvalue weighted by Gasteiger charge is -2.04. The van der Waals surface area contributed by atoms with Gasteiger partial charge in [0.15, 0.2) is 0 Å². The maximum Gasteiger partial charge on any atom is 0.0700 e. The minimum absolute atomic E-state index is 0.668. The SMILES string of the molecule is CCCCOCCOCCc1ccc(-c2ccc(/C=C/c3ccc(-c4ccc(-c5ccc(CCOCCOCCCC)s5)s4)cc3)cc2)s1. The van der Waals surface area contributed by atoms with E-state index in [1.807, 2.05) is 34.0 Å². The summed E-state index contributed by atoms with van der Waals surface area (Å²) in [5.41, 5.74) is 4.90. The van der Waals surface area contributed by atoms with Gasteiger partial charge >= 0.3 is 0 Å². The summed E-state index contributed by atoms with van der Waals surface area (Å²) >= 11 is 5.57. The molecule has 0 atom stereocenters. The van der Waals surface area contributed by atoms with Crippen LogP contribution in [0.3, 0.4) is 0 Å². The van der Waals surface area contributed by atoms with Crippen molar-refractivity contribution < 1.29 is 18.9 Å². The first kappa shape index (κ1) is 37.4. The molecule has 3 aromatic heterocycles. The summed E-state index contributed by atoms with van der Waals surface area (Å²) in [5.74, 6) is 0. The van der Waals surface area contributed by atoms with Crippen molar-refractivity contribution in [2.45, 2.75) is 52.4 Å². The van der Waals surface area contributed by atoms with Crippen LogP contribution in [0.15, 0.2) is 84.9 Å². The van der Waals surface area contributed by atoms with Gasteiger partial charge in [-0.2, -0.15) is 0 Å². The Labute approximate surface area is 305 Å². The Balaban J connectivity index is 1.04. The van der Waals surface area contributed by atoms with Crippen molar-refractivity contribution in [3.05, 3.63) is 106 Å². The van der Waals surface area contributed by atoms with Gasteiger partial charge in [-0.05, 0) is 71.5 Å². The first-order valence-electron chi connectivity index (χ1n) is 17.7. The summed E-state index contributed by atoms with van der Waals surface area (Å²) in [4.78, 5) is 7.94. The molecule has 3 heterocycles. The molecule has 0 unspecified atom stereocenters. The molecule has 0 saturated carbocycles. The van der Waals surface area contributed by atoms with E-state index in [0.717, 1.165) is 52.1 Å². The van der Waals surface area contributed by atoms with Crippen LogP contribution < -0.4 is 0 Å². The largest absolute Gasteiger partial charge is 0.379 e. The number of ether oxygens (including phenoxy) is 4. The van der Waals surface area contributed by atoms with Crippen molar-refractivity contribution in [3.63, 3.8) is 0 Å². The second kappa shape index (κ2) is 21.4. The number of rotatable bonds is 23. The summed E-state index contributed by atoms with van der Waals surface area (Å²) in [7, 11) is 0. The molecule has 5 rings (SSSR count). The molecular formula is C42H50O4S3. The molecule has 0 aliphatic rings. The predicted octanol–water partition coefficient (Wildman–Crippen LogP) is 11.8. The van der Waals surface area contributed by atoms with Crippen LogP contribution in [0.1, 0.15) is 60.4 Å². The second-order valence-electron chi connectivity index (χ2n) is 11.9. The Morgan fingerprint density at radius 3 is 1.31 bits per heavy atom. The van der Waals surface area contributed by atoms with E-state index < -0.39 is 0 Å². The van der Waals surface area contributed by atoms with Gasteiger partial charge in [0.1, 0.15) is 0 Å². The highest BCUT2D eigenvalue weighted by Crippen LogP contribution is 2.38. The van der Waals surface area contributed by atoms with E-state index in [-0.39, 0.29) is 0 Å². The van der Waals surface area contributed by atoms with Gasteiger partial charge in [-0.3, -0.25) is 0 Å². The van der Waals surface area contributed by atoms with E-state index in [9.17, 15) is 0 Å². The molecule has 2 aromatic carbocycles. The van der Waals surface area contributed by atoms with E-state index in [1.54, 1.807) is 0 Å². The van der Waals surface area contributed by atoms with E-state index in [0.29, 0.717) is 26.4 Å². The normalized spacial score (nSPS) is 11.6. The Morgan fingerprint density at radius 1 is 0.408 bits per heavy atom. The minimum atomic E-state index is 0.668. The second-order valence-corrected chi connectivity index (χ2v) is 15.4. The molecule has 49 heavy (non-hydrogen) atoms. The average Bonchev–Trinajstić information content (AvgIpc) is 3.92. The van der Waals surface area contributed by atoms with Crippen LogP contribution in [0.5, 0.6) is 0 Å². The monoisotopic (exact) mass is 714 g/mol. The Hall–Kier alpha value is -2.88. The van der Waals surface area contributed by atoms with E-state index in [4.69, 9.17) is 18.9 Å². The number of thiophene rings is 3. The maximum absolute atomic E-state index is 5.77. The van der Waals surface area contributed by atoms with Crippen LogP contribution in [-0.2, 0) is 31.8 Å². The van der Waals surface area contributed by atoms with Crippen LogP contribution in [0.4, 0.5) is 0 Å². The van der Waals surface area contributed by atoms with Gasteiger partial charge in [-0.25, -0.2) is 0 Å². The summed E-state index contributed by atoms with van der Waals surface area (Å²) in [6.45, 7) is 10.2. The van der Waals surface area contributed by atoms with Gasteiger partial charge < -0.3 is 18.9 Å². The number of benzene rings is 2. The third-order valence-electron chi connectivity index (χ3n) is 8.04. The van der Waals surface area contributed by atoms with Crippen molar-refractivity contribution in [1.29, 1.82) is 0 Å². The standard InChI is InChI=1S/C42H50O4S3/c1-3-5-25-43-29-31-45-27-23-37-17-19-39(47-37)35-13-9-33(10-14-35)7-8-34-11-15-36(16-12-34)40-21-22-42(49-40)41-20-18-38(48-41)24-28-46-32-30-44-26-6-4-2/h7-22H,3-6,23-32H2,1-2H3/b8-7+. The van der Waals surface area contributed by atoms with Crippen molar-refractivity contribution in [3.8, 4) is 30.6 Å². The molecule has 0 amide bonds. The average molecular weight is 715 g/mol. The Morgan fingerprint density at radius 2 is 0.796 bits per heavy atom. The van der Waals surface area contributed by atoms with Gasteiger partial charge in [0.05, 0.1) is 39.6 Å². The fraction of sp³-hybridized carbons (Fsp3) is 0.381. The van der Waals surface area contributed by atoms with E-state index >= 15 is 0 Å². The van der Waals surface area contributed by atoms with Crippen LogP contribution in [0.25, 0.3) is 42.8 Å². The zero-order valence-corrected chi connectivity index (χ0v) is 31.4. The predicted molar refractivity (Wildman–Crippen MR) is 212 cm³/mol. The lowest BCUT2D eigenvalue weighted by molar-refractivity contribution is 0.0480. The lowest BCUT2D eigenvalue weighted by atomic mass is 10.1. The molecule has 0 saturated heterocycles. The molecule has 0 bridgehead atoms. The summed E-state index contributed by atoms with van der Waals surface area (Å²) in [6, 6.07) is 31.1. The molecule has 4 nitrogen and oxygen atoms in total. The Bertz CT molecular complexity index is 1650. The third-order valence-corrected chi connectivity index (χ3v) is 11.7. The lowest BCUT2D eigenvalue weighted by Crippen LogP contribution is -2.07. The van der Waals surface area contributed by atoms with Crippen LogP contribution in [-0.4, -0.2) is 52.9 Å². The highest BCUT2D eigenvalue weighted by Gasteiger charge is 2.09. The van der Waals surface area contributed by atoms with Gasteiger partial charge in [0.25, 0.3) is 0 Å². The zero-order valence-electron chi connectivity index (χ0n) is 29.0. The molecule has 5 aromatic rings. The van der Waals surface area contributed by atoms with Gasteiger partial charge in [-0.1, -0.05) is 87.4 Å². The van der Waals surface area contributed by atoms with Crippen LogP contribution in [0.2, 0.25) is 0 Å². The quantitative estimate of drug-likeness (QED) is 0.0499. The summed E-state index contributed by atoms with van der Waals surface area (Å²) in [5, 5.41) is 0. The number of hydrogen-bond donors (Lipinski definition) is 0. The molecule has 0 aliphatic heterocycles. The van der Waals surface area contributed by atoms with Gasteiger partial charge in [-0.15, -0.1) is 34.0 Å². The number of hydrogen-bond acceptors (Lipinski definition) is 7. The number of unbranched alkanes of at least 4 members (excludes halogenated alkanes) is 2. The molecule has 0 radical (unpaired) electrons. The fourth-order valence-electron chi connectivity index (χ4n) is 5.13. The van der Waals surface area contributed by atoms with Crippen molar-refractivity contribution in [2.75, 3.05) is 52.9 Å².